The summed E-state index contributed by atoms with van der Waals surface area (Å²) in [5.74, 6) is -0.0372. The highest BCUT2D eigenvalue weighted by Crippen LogP contribution is 2.17. The largest absolute Gasteiger partial charge is 0.444 e. The van der Waals surface area contributed by atoms with Gasteiger partial charge in [-0.25, -0.2) is 4.79 Å². The molecule has 0 aliphatic carbocycles. The van der Waals surface area contributed by atoms with Crippen molar-refractivity contribution in [1.82, 2.24) is 10.2 Å². The zero-order valence-corrected chi connectivity index (χ0v) is 18.3. The van der Waals surface area contributed by atoms with Crippen molar-refractivity contribution >= 4 is 17.6 Å². The fraction of sp³-hybridized carbons (Fsp3) is 0.500. The molecule has 1 fully saturated rings. The molecule has 0 aromatic heterocycles. The topological polar surface area (TPSA) is 58.6 Å². The number of amides is 2. The summed E-state index contributed by atoms with van der Waals surface area (Å²) in [5, 5.41) is 2.79. The molecule has 160 valence electrons. The number of nitrogens with one attached hydrogen (secondary N) is 1. The fourth-order valence-electron chi connectivity index (χ4n) is 3.26. The van der Waals surface area contributed by atoms with E-state index in [4.69, 9.17) is 4.74 Å². The molecule has 5 nitrogen and oxygen atoms in total. The summed E-state index contributed by atoms with van der Waals surface area (Å²) >= 11 is 0. The Morgan fingerprint density at radius 1 is 1.14 bits per heavy atom. The smallest absolute Gasteiger partial charge is 0.408 e. The molecule has 5 heteroatoms. The lowest BCUT2D eigenvalue weighted by Gasteiger charge is -2.26. The van der Waals surface area contributed by atoms with E-state index in [1.165, 1.54) is 0 Å². The van der Waals surface area contributed by atoms with Gasteiger partial charge in [-0.05, 0) is 65.0 Å². The number of ether oxygens (including phenoxy) is 1. The van der Waals surface area contributed by atoms with E-state index in [0.29, 0.717) is 6.42 Å². The number of rotatable bonds is 6. The zero-order valence-electron chi connectivity index (χ0n) is 18.3. The van der Waals surface area contributed by atoms with Crippen molar-refractivity contribution < 1.29 is 15.8 Å². The highest BCUT2D eigenvalue weighted by molar-refractivity contribution is 5.86. The van der Waals surface area contributed by atoms with Crippen molar-refractivity contribution in [3.63, 3.8) is 0 Å². The van der Waals surface area contributed by atoms with Crippen LogP contribution in [0.15, 0.2) is 48.1 Å². The number of hydrogen-bond donors (Lipinski definition) is 1. The molecule has 1 aromatic carbocycles. The van der Waals surface area contributed by atoms with Gasteiger partial charge in [-0.1, -0.05) is 48.1 Å². The molecule has 0 spiro atoms. The summed E-state index contributed by atoms with van der Waals surface area (Å²) in [6, 6.07) is 9.54. The average molecular weight is 401 g/mol. The average Bonchev–Trinajstić information content (AvgIpc) is 3.19. The van der Waals surface area contributed by atoms with E-state index in [1.54, 1.807) is 0 Å². The normalized spacial score (nSPS) is 16.5. The van der Waals surface area contributed by atoms with Gasteiger partial charge in [0.15, 0.2) is 0 Å². The third-order valence-electron chi connectivity index (χ3n) is 4.78. The van der Waals surface area contributed by atoms with Crippen LogP contribution in [-0.4, -0.2) is 41.6 Å². The Labute approximate surface area is 176 Å². The summed E-state index contributed by atoms with van der Waals surface area (Å²) in [4.78, 5) is 27.1. The monoisotopic (exact) mass is 400 g/mol. The molecule has 0 radical (unpaired) electrons. The molecule has 1 aliphatic rings. The van der Waals surface area contributed by atoms with Crippen LogP contribution >= 0.6 is 0 Å². The van der Waals surface area contributed by atoms with Gasteiger partial charge in [-0.15, -0.1) is 0 Å². The van der Waals surface area contributed by atoms with Crippen molar-refractivity contribution in [2.24, 2.45) is 0 Å². The van der Waals surface area contributed by atoms with Crippen molar-refractivity contribution in [2.45, 2.75) is 65.5 Å². The Morgan fingerprint density at radius 2 is 1.76 bits per heavy atom. The number of benzene rings is 1. The van der Waals surface area contributed by atoms with Gasteiger partial charge in [0.05, 0.1) is 0 Å². The molecule has 1 saturated heterocycles. The number of carbonyl (C=O) groups is 2. The van der Waals surface area contributed by atoms with Crippen LogP contribution in [0.2, 0.25) is 0 Å². The summed E-state index contributed by atoms with van der Waals surface area (Å²) in [6.07, 6.45) is 5.99. The summed E-state index contributed by atoms with van der Waals surface area (Å²) < 4.78 is 5.37. The first-order chi connectivity index (χ1) is 13.7. The van der Waals surface area contributed by atoms with Crippen LogP contribution < -0.4 is 5.32 Å². The van der Waals surface area contributed by atoms with Crippen molar-refractivity contribution in [3.05, 3.63) is 53.6 Å². The minimum absolute atomic E-state index is 0. The van der Waals surface area contributed by atoms with E-state index in [1.807, 2.05) is 56.9 Å². The molecule has 1 atom stereocenters. The third kappa shape index (κ3) is 7.76. The maximum Gasteiger partial charge on any atom is 0.408 e. The quantitative estimate of drug-likeness (QED) is 0.669. The predicted octanol–water partition coefficient (Wildman–Crippen LogP) is 5.19. The van der Waals surface area contributed by atoms with Gasteiger partial charge in [0.25, 0.3) is 0 Å². The summed E-state index contributed by atoms with van der Waals surface area (Å²) in [5.41, 5.74) is 2.72. The van der Waals surface area contributed by atoms with Crippen molar-refractivity contribution in [3.8, 4) is 0 Å². The van der Waals surface area contributed by atoms with Crippen molar-refractivity contribution in [1.29, 1.82) is 0 Å². The highest BCUT2D eigenvalue weighted by atomic mass is 16.6. The Balaban J connectivity index is 0.00000450. The molecule has 1 aliphatic heterocycles. The van der Waals surface area contributed by atoms with Crippen LogP contribution in [0, 0.1) is 0 Å². The van der Waals surface area contributed by atoms with Crippen LogP contribution in [0.1, 0.15) is 60.9 Å². The zero-order chi connectivity index (χ0) is 21.4. The van der Waals surface area contributed by atoms with Gasteiger partial charge in [-0.2, -0.15) is 0 Å². The number of likely N-dealkylation sites (tertiary alicyclic amines) is 1. The first-order valence-electron chi connectivity index (χ1n) is 10.3. The molecular formula is C24H36N2O3. The van der Waals surface area contributed by atoms with Gasteiger partial charge in [0.2, 0.25) is 5.91 Å². The Kier molecular flexibility index (Phi) is 8.06. The molecule has 2 amide bonds. The second kappa shape index (κ2) is 10.3. The molecular weight excluding hydrogens is 364 g/mol. The second-order valence-electron chi connectivity index (χ2n) is 8.66. The van der Waals surface area contributed by atoms with Gasteiger partial charge in [0, 0.05) is 14.5 Å². The Bertz CT molecular complexity index is 760. The number of allylic oxidation sites excluding steroid dienone is 3. The van der Waals surface area contributed by atoms with Crippen LogP contribution in [0.4, 0.5) is 4.79 Å². The lowest BCUT2D eigenvalue weighted by Crippen LogP contribution is -2.49. The lowest BCUT2D eigenvalue weighted by atomic mass is 10.0. The van der Waals surface area contributed by atoms with Crippen LogP contribution in [0.3, 0.4) is 0 Å². The van der Waals surface area contributed by atoms with Gasteiger partial charge in [0.1, 0.15) is 11.6 Å². The van der Waals surface area contributed by atoms with E-state index < -0.39 is 17.7 Å². The molecule has 0 unspecified atom stereocenters. The molecule has 2 rings (SSSR count). The molecule has 1 N–H and O–H groups in total. The fourth-order valence-corrected chi connectivity index (χ4v) is 3.26. The molecule has 0 saturated carbocycles. The van der Waals surface area contributed by atoms with Crippen LogP contribution in [-0.2, 0) is 9.53 Å². The van der Waals surface area contributed by atoms with Crippen LogP contribution in [0.5, 0.6) is 0 Å². The SMILES string of the molecule is C/C(=C\C=C(/C)c1ccccc1)C[C@H](NC(=O)OC(C)(C)C)C(=O)N1CCCC1.[HH]. The Morgan fingerprint density at radius 3 is 2.34 bits per heavy atom. The minimum Gasteiger partial charge on any atom is -0.444 e. The number of alkyl carbamates (subject to hydrolysis) is 1. The number of hydrogen-bond acceptors (Lipinski definition) is 3. The number of carbonyl (C=O) groups excluding carboxylic acids is 2. The summed E-state index contributed by atoms with van der Waals surface area (Å²) in [6.45, 7) is 11.0. The molecule has 0 bridgehead atoms. The van der Waals surface area contributed by atoms with E-state index in [-0.39, 0.29) is 7.33 Å². The second-order valence-corrected chi connectivity index (χ2v) is 8.66. The van der Waals surface area contributed by atoms with Gasteiger partial charge < -0.3 is 15.0 Å². The molecule has 1 aromatic rings. The third-order valence-corrected chi connectivity index (χ3v) is 4.78. The lowest BCUT2D eigenvalue weighted by molar-refractivity contribution is -0.132. The van der Waals surface area contributed by atoms with E-state index in [2.05, 4.69) is 30.4 Å². The molecule has 29 heavy (non-hydrogen) atoms. The first kappa shape index (κ1) is 22.7. The number of nitrogens with zero attached hydrogens (tertiary/aromatic N) is 1. The predicted molar refractivity (Wildman–Crippen MR) is 120 cm³/mol. The highest BCUT2D eigenvalue weighted by Gasteiger charge is 2.29. The van der Waals surface area contributed by atoms with Gasteiger partial charge >= 0.3 is 6.09 Å². The summed E-state index contributed by atoms with van der Waals surface area (Å²) in [7, 11) is 0. The molecule has 1 heterocycles. The van der Waals surface area contributed by atoms with E-state index in [0.717, 1.165) is 42.6 Å². The first-order valence-corrected chi connectivity index (χ1v) is 10.3. The van der Waals surface area contributed by atoms with E-state index >= 15 is 0 Å². The van der Waals surface area contributed by atoms with E-state index in [9.17, 15) is 9.59 Å². The Hall–Kier alpha value is -2.56. The van der Waals surface area contributed by atoms with Gasteiger partial charge in [-0.3, -0.25) is 4.79 Å². The van der Waals surface area contributed by atoms with Crippen molar-refractivity contribution in [2.75, 3.05) is 13.1 Å². The maximum absolute atomic E-state index is 13.0. The maximum atomic E-state index is 13.0. The minimum atomic E-state index is -0.621. The van der Waals surface area contributed by atoms with Crippen LogP contribution in [0.25, 0.3) is 5.57 Å². The standard InChI is InChI=1S/C24H34N2O3.H2/c1-18(13-14-19(2)20-11-7-6-8-12-20)17-21(22(27)26-15-9-10-16-26)25-23(28)29-24(3,4)5;/h6-8,11-14,21H,9-10,15-17H2,1-5H3,(H,25,28);1H/b18-13+,19-14+;/t21-;/m0./s1.